The van der Waals surface area contributed by atoms with Gasteiger partial charge in [0.2, 0.25) is 5.88 Å². The molecule has 2 aromatic carbocycles. The van der Waals surface area contributed by atoms with Crippen molar-refractivity contribution >= 4 is 5.69 Å². The first-order valence-corrected chi connectivity index (χ1v) is 8.42. The minimum Gasteiger partial charge on any atom is -0.485 e. The van der Waals surface area contributed by atoms with Crippen molar-refractivity contribution in [1.29, 1.82) is 0 Å². The van der Waals surface area contributed by atoms with Gasteiger partial charge in [0, 0.05) is 17.7 Å². The topological polar surface area (TPSA) is 74.5 Å². The lowest BCUT2D eigenvalue weighted by Gasteiger charge is -2.27. The zero-order valence-corrected chi connectivity index (χ0v) is 14.2. The van der Waals surface area contributed by atoms with Crippen LogP contribution in [0.25, 0.3) is 0 Å². The lowest BCUT2D eigenvalue weighted by Crippen LogP contribution is -2.16. The number of benzene rings is 2. The molecule has 0 radical (unpaired) electrons. The van der Waals surface area contributed by atoms with Crippen LogP contribution in [0, 0.1) is 15.9 Å². The fourth-order valence-electron chi connectivity index (χ4n) is 3.05. The zero-order valence-electron chi connectivity index (χ0n) is 14.2. The fourth-order valence-corrected chi connectivity index (χ4v) is 3.05. The van der Waals surface area contributed by atoms with E-state index in [1.807, 2.05) is 6.07 Å². The molecule has 0 N–H and O–H groups in total. The highest BCUT2D eigenvalue weighted by Crippen LogP contribution is 2.38. The van der Waals surface area contributed by atoms with E-state index in [-0.39, 0.29) is 23.5 Å². The van der Waals surface area contributed by atoms with E-state index in [2.05, 4.69) is 4.98 Å². The minimum absolute atomic E-state index is 0.0969. The molecule has 3 aromatic rings. The number of fused-ring (bicyclic) bond motifs is 1. The highest BCUT2D eigenvalue weighted by molar-refractivity contribution is 5.43. The number of aromatic nitrogens is 1. The van der Waals surface area contributed by atoms with Crippen molar-refractivity contribution in [3.05, 3.63) is 87.9 Å². The van der Waals surface area contributed by atoms with Gasteiger partial charge in [-0.1, -0.05) is 18.2 Å². The molecule has 7 heteroatoms. The van der Waals surface area contributed by atoms with Crippen LogP contribution in [-0.2, 0) is 6.42 Å². The predicted octanol–water partition coefficient (Wildman–Crippen LogP) is 4.99. The Bertz CT molecular complexity index is 992. The maximum absolute atomic E-state index is 14.0. The highest BCUT2D eigenvalue weighted by atomic mass is 19.1. The highest BCUT2D eigenvalue weighted by Gasteiger charge is 2.24. The average molecular weight is 366 g/mol. The number of halogens is 1. The molecule has 1 unspecified atom stereocenters. The summed E-state index contributed by atoms with van der Waals surface area (Å²) in [4.78, 5) is 14.1. The Hall–Kier alpha value is -3.48. The van der Waals surface area contributed by atoms with E-state index in [1.165, 1.54) is 18.2 Å². The van der Waals surface area contributed by atoms with Gasteiger partial charge in [0.15, 0.2) is 0 Å². The Labute approximate surface area is 154 Å². The van der Waals surface area contributed by atoms with Crippen molar-refractivity contribution in [2.45, 2.75) is 18.9 Å². The predicted molar refractivity (Wildman–Crippen MR) is 95.5 cm³/mol. The Morgan fingerprint density at radius 2 is 2.04 bits per heavy atom. The van der Waals surface area contributed by atoms with Crippen LogP contribution >= 0.6 is 0 Å². The molecule has 0 spiro atoms. The molecule has 0 bridgehead atoms. The van der Waals surface area contributed by atoms with Crippen molar-refractivity contribution in [3.8, 4) is 17.4 Å². The average Bonchev–Trinajstić information content (AvgIpc) is 2.68. The van der Waals surface area contributed by atoms with Crippen molar-refractivity contribution in [1.82, 2.24) is 4.98 Å². The van der Waals surface area contributed by atoms with Gasteiger partial charge < -0.3 is 9.47 Å². The number of nitro groups is 1. The Balaban J connectivity index is 1.50. The molecule has 1 aliphatic rings. The Morgan fingerprint density at radius 1 is 1.19 bits per heavy atom. The maximum Gasteiger partial charge on any atom is 0.287 e. The van der Waals surface area contributed by atoms with Gasteiger partial charge in [-0.05, 0) is 42.7 Å². The van der Waals surface area contributed by atoms with Crippen LogP contribution in [0.5, 0.6) is 17.4 Å². The zero-order chi connectivity index (χ0) is 18.8. The first-order valence-electron chi connectivity index (χ1n) is 8.42. The van der Waals surface area contributed by atoms with E-state index in [1.54, 1.807) is 30.3 Å². The smallest absolute Gasteiger partial charge is 0.287 e. The summed E-state index contributed by atoms with van der Waals surface area (Å²) in [6.45, 7) is 0. The van der Waals surface area contributed by atoms with Crippen molar-refractivity contribution in [2.24, 2.45) is 0 Å². The molecule has 2 heterocycles. The third kappa shape index (κ3) is 3.57. The summed E-state index contributed by atoms with van der Waals surface area (Å²) in [5, 5.41) is 10.7. The van der Waals surface area contributed by atoms with E-state index < -0.39 is 4.92 Å². The van der Waals surface area contributed by atoms with Crippen LogP contribution in [0.3, 0.4) is 0 Å². The SMILES string of the molecule is O=[N+]([O-])c1ccc(Oc2ccc3c(c2)CCC(c2ccccc2F)O3)nc1. The molecule has 1 aliphatic heterocycles. The standard InChI is InChI=1S/C20H15FN2O4/c21-17-4-2-1-3-16(17)19-8-5-13-11-15(7-9-18(13)27-19)26-20-10-6-14(12-22-20)23(24)25/h1-4,6-7,9-12,19H,5,8H2. The van der Waals surface area contributed by atoms with Gasteiger partial charge in [-0.2, -0.15) is 0 Å². The third-order valence-corrected chi connectivity index (χ3v) is 4.38. The second-order valence-corrected chi connectivity index (χ2v) is 6.15. The summed E-state index contributed by atoms with van der Waals surface area (Å²) in [5.41, 5.74) is 1.42. The quantitative estimate of drug-likeness (QED) is 0.480. The third-order valence-electron chi connectivity index (χ3n) is 4.38. The normalized spacial score (nSPS) is 15.5. The van der Waals surface area contributed by atoms with Crippen molar-refractivity contribution in [3.63, 3.8) is 0 Å². The number of ether oxygens (including phenoxy) is 2. The van der Waals surface area contributed by atoms with Crippen LogP contribution in [0.4, 0.5) is 10.1 Å². The van der Waals surface area contributed by atoms with Gasteiger partial charge in [-0.15, -0.1) is 0 Å². The van der Waals surface area contributed by atoms with Crippen LogP contribution < -0.4 is 9.47 Å². The molecule has 1 aromatic heterocycles. The number of hydrogen-bond donors (Lipinski definition) is 0. The van der Waals surface area contributed by atoms with Gasteiger partial charge in [-0.25, -0.2) is 9.37 Å². The molecule has 0 amide bonds. The number of aryl methyl sites for hydroxylation is 1. The van der Waals surface area contributed by atoms with E-state index in [0.717, 1.165) is 18.2 Å². The van der Waals surface area contributed by atoms with E-state index >= 15 is 0 Å². The first-order chi connectivity index (χ1) is 13.1. The summed E-state index contributed by atoms with van der Waals surface area (Å²) in [6.07, 6.45) is 2.21. The molecule has 0 fully saturated rings. The van der Waals surface area contributed by atoms with E-state index in [4.69, 9.17) is 9.47 Å². The second kappa shape index (κ2) is 7.03. The molecule has 4 rings (SSSR count). The second-order valence-electron chi connectivity index (χ2n) is 6.15. The first kappa shape index (κ1) is 17.0. The van der Waals surface area contributed by atoms with Crippen molar-refractivity contribution < 1.29 is 18.8 Å². The fraction of sp³-hybridized carbons (Fsp3) is 0.150. The summed E-state index contributed by atoms with van der Waals surface area (Å²) in [6, 6.07) is 14.8. The Kier molecular flexibility index (Phi) is 4.42. The molecule has 6 nitrogen and oxygen atoms in total. The number of hydrogen-bond acceptors (Lipinski definition) is 5. The van der Waals surface area contributed by atoms with Crippen LogP contribution in [0.2, 0.25) is 0 Å². The van der Waals surface area contributed by atoms with Crippen LogP contribution in [-0.4, -0.2) is 9.91 Å². The van der Waals surface area contributed by atoms with Gasteiger partial charge in [-0.3, -0.25) is 10.1 Å². The summed E-state index contributed by atoms with van der Waals surface area (Å²) < 4.78 is 25.6. The summed E-state index contributed by atoms with van der Waals surface area (Å²) in [7, 11) is 0. The number of pyridine rings is 1. The largest absolute Gasteiger partial charge is 0.485 e. The van der Waals surface area contributed by atoms with E-state index in [9.17, 15) is 14.5 Å². The molecule has 0 aliphatic carbocycles. The van der Waals surface area contributed by atoms with Crippen LogP contribution in [0.1, 0.15) is 23.7 Å². The summed E-state index contributed by atoms with van der Waals surface area (Å²) >= 11 is 0. The molecular formula is C20H15FN2O4. The number of rotatable bonds is 4. The molecule has 136 valence electrons. The monoisotopic (exact) mass is 366 g/mol. The molecule has 1 atom stereocenters. The lowest BCUT2D eigenvalue weighted by atomic mass is 9.97. The minimum atomic E-state index is -0.515. The van der Waals surface area contributed by atoms with Gasteiger partial charge in [0.05, 0.1) is 4.92 Å². The van der Waals surface area contributed by atoms with Crippen molar-refractivity contribution in [2.75, 3.05) is 0 Å². The maximum atomic E-state index is 14.0. The summed E-state index contributed by atoms with van der Waals surface area (Å²) in [5.74, 6) is 1.25. The van der Waals surface area contributed by atoms with Crippen LogP contribution in [0.15, 0.2) is 60.8 Å². The van der Waals surface area contributed by atoms with Gasteiger partial charge in [0.25, 0.3) is 5.69 Å². The van der Waals surface area contributed by atoms with Gasteiger partial charge >= 0.3 is 0 Å². The molecular weight excluding hydrogens is 351 g/mol. The van der Waals surface area contributed by atoms with E-state index in [0.29, 0.717) is 23.5 Å². The Morgan fingerprint density at radius 3 is 2.78 bits per heavy atom. The lowest BCUT2D eigenvalue weighted by molar-refractivity contribution is -0.385. The number of nitrogens with zero attached hydrogens (tertiary/aromatic N) is 2. The molecule has 0 saturated heterocycles. The molecule has 27 heavy (non-hydrogen) atoms. The van der Waals surface area contributed by atoms with Gasteiger partial charge in [0.1, 0.15) is 29.6 Å². The molecule has 0 saturated carbocycles.